The van der Waals surface area contributed by atoms with Crippen molar-refractivity contribution in [3.8, 4) is 0 Å². The molecule has 6 heteroatoms. The van der Waals surface area contributed by atoms with E-state index in [1.807, 2.05) is 42.7 Å². The highest BCUT2D eigenvalue weighted by Crippen LogP contribution is 2.25. The maximum Gasteiger partial charge on any atom is 0.410 e. The van der Waals surface area contributed by atoms with Gasteiger partial charge >= 0.3 is 6.09 Å². The Morgan fingerprint density at radius 1 is 1.03 bits per heavy atom. The van der Waals surface area contributed by atoms with Gasteiger partial charge < -0.3 is 19.6 Å². The molecule has 1 atom stereocenters. The van der Waals surface area contributed by atoms with Gasteiger partial charge in [0, 0.05) is 25.2 Å². The van der Waals surface area contributed by atoms with Gasteiger partial charge in [-0.25, -0.2) is 4.79 Å². The molecule has 1 aromatic carbocycles. The topological polar surface area (TPSA) is 70.1 Å². The Bertz CT molecular complexity index is 748. The number of likely N-dealkylation sites (tertiary alicyclic amines) is 2. The first-order valence-electron chi connectivity index (χ1n) is 12.3. The number of hydrogen-bond donors (Lipinski definition) is 1. The molecule has 3 rings (SSSR count). The van der Waals surface area contributed by atoms with Crippen molar-refractivity contribution in [2.24, 2.45) is 5.92 Å². The molecule has 0 bridgehead atoms. The summed E-state index contributed by atoms with van der Waals surface area (Å²) >= 11 is 0. The minimum Gasteiger partial charge on any atom is -0.444 e. The van der Waals surface area contributed by atoms with Crippen LogP contribution in [0.2, 0.25) is 0 Å². The summed E-state index contributed by atoms with van der Waals surface area (Å²) in [6.45, 7) is 8.09. The predicted octanol–water partition coefficient (Wildman–Crippen LogP) is 4.64. The number of amides is 2. The number of benzene rings is 1. The predicted molar refractivity (Wildman–Crippen MR) is 126 cm³/mol. The number of carbonyl (C=O) groups excluding carboxylic acids is 2. The number of piperidine rings is 1. The molecule has 1 unspecified atom stereocenters. The molecule has 0 radical (unpaired) electrons. The van der Waals surface area contributed by atoms with Crippen molar-refractivity contribution in [3.05, 3.63) is 35.4 Å². The van der Waals surface area contributed by atoms with Crippen LogP contribution in [0.25, 0.3) is 0 Å². The molecule has 0 aliphatic carbocycles. The summed E-state index contributed by atoms with van der Waals surface area (Å²) in [6, 6.07) is 7.96. The SMILES string of the molecule is CC(C)(C)OC(=O)N1CCC(CCCCc2ccc(C(=O)N3CCCC3CO)cc2)CC1. The van der Waals surface area contributed by atoms with E-state index in [0.717, 1.165) is 58.2 Å². The standard InChI is InChI=1S/C26H40N2O4/c1-26(2,3)32-25(31)27-17-14-21(15-18-27)8-5-4-7-20-10-12-22(13-11-20)24(30)28-16-6-9-23(28)19-29/h10-13,21,23,29H,4-9,14-19H2,1-3H3. The third kappa shape index (κ3) is 6.96. The smallest absolute Gasteiger partial charge is 0.410 e. The second-order valence-corrected chi connectivity index (χ2v) is 10.3. The average molecular weight is 445 g/mol. The van der Waals surface area contributed by atoms with Gasteiger partial charge in [0.25, 0.3) is 5.91 Å². The molecule has 2 aliphatic heterocycles. The van der Waals surface area contributed by atoms with Crippen LogP contribution in [0.5, 0.6) is 0 Å². The Labute approximate surface area is 192 Å². The first-order chi connectivity index (χ1) is 15.3. The summed E-state index contributed by atoms with van der Waals surface area (Å²) in [5, 5.41) is 9.45. The first kappa shape index (κ1) is 24.6. The molecule has 32 heavy (non-hydrogen) atoms. The van der Waals surface area contributed by atoms with Crippen LogP contribution in [0.15, 0.2) is 24.3 Å². The monoisotopic (exact) mass is 444 g/mol. The van der Waals surface area contributed by atoms with E-state index >= 15 is 0 Å². The van der Waals surface area contributed by atoms with Crippen LogP contribution in [0.1, 0.15) is 81.6 Å². The van der Waals surface area contributed by atoms with Crippen molar-refractivity contribution >= 4 is 12.0 Å². The number of aryl methyl sites for hydroxylation is 1. The zero-order chi connectivity index (χ0) is 23.1. The molecule has 0 saturated carbocycles. The number of aliphatic hydroxyl groups excluding tert-OH is 1. The molecular weight excluding hydrogens is 404 g/mol. The number of nitrogens with zero attached hydrogens (tertiary/aromatic N) is 2. The van der Waals surface area contributed by atoms with Crippen LogP contribution in [-0.2, 0) is 11.2 Å². The zero-order valence-corrected chi connectivity index (χ0v) is 20.0. The van der Waals surface area contributed by atoms with Gasteiger partial charge in [0.05, 0.1) is 12.6 Å². The van der Waals surface area contributed by atoms with Crippen LogP contribution in [0, 0.1) is 5.92 Å². The summed E-state index contributed by atoms with van der Waals surface area (Å²) < 4.78 is 5.47. The second kappa shape index (κ2) is 11.2. The van der Waals surface area contributed by atoms with E-state index in [0.29, 0.717) is 11.5 Å². The number of carbonyl (C=O) groups is 2. The minimum atomic E-state index is -0.435. The van der Waals surface area contributed by atoms with Gasteiger partial charge in [-0.15, -0.1) is 0 Å². The molecule has 6 nitrogen and oxygen atoms in total. The van der Waals surface area contributed by atoms with Crippen LogP contribution in [-0.4, -0.2) is 64.8 Å². The summed E-state index contributed by atoms with van der Waals surface area (Å²) in [5.74, 6) is 0.722. The van der Waals surface area contributed by atoms with Crippen molar-refractivity contribution in [1.82, 2.24) is 9.80 Å². The summed E-state index contributed by atoms with van der Waals surface area (Å²) in [5.41, 5.74) is 1.54. The Morgan fingerprint density at radius 2 is 1.72 bits per heavy atom. The van der Waals surface area contributed by atoms with Crippen LogP contribution < -0.4 is 0 Å². The van der Waals surface area contributed by atoms with Gasteiger partial charge in [-0.2, -0.15) is 0 Å². The molecule has 2 fully saturated rings. The Kier molecular flexibility index (Phi) is 8.57. The average Bonchev–Trinajstić information content (AvgIpc) is 3.25. The second-order valence-electron chi connectivity index (χ2n) is 10.3. The molecule has 1 N–H and O–H groups in total. The molecule has 1 aromatic rings. The van der Waals surface area contributed by atoms with E-state index in [9.17, 15) is 14.7 Å². The van der Waals surface area contributed by atoms with Gasteiger partial charge in [0.2, 0.25) is 0 Å². The Morgan fingerprint density at radius 3 is 2.34 bits per heavy atom. The van der Waals surface area contributed by atoms with Crippen molar-refractivity contribution in [3.63, 3.8) is 0 Å². The number of rotatable bonds is 7. The van der Waals surface area contributed by atoms with Crippen molar-refractivity contribution < 1.29 is 19.4 Å². The molecule has 2 heterocycles. The number of ether oxygens (including phenoxy) is 1. The fourth-order valence-corrected chi connectivity index (χ4v) is 4.77. The molecule has 2 aliphatic rings. The van der Waals surface area contributed by atoms with Crippen molar-refractivity contribution in [2.75, 3.05) is 26.2 Å². The van der Waals surface area contributed by atoms with Crippen molar-refractivity contribution in [2.45, 2.75) is 83.8 Å². The van der Waals surface area contributed by atoms with Gasteiger partial charge in [-0.3, -0.25) is 4.79 Å². The van der Waals surface area contributed by atoms with Gasteiger partial charge in [-0.05, 0) is 82.9 Å². The molecular formula is C26H40N2O4. The van der Waals surface area contributed by atoms with Crippen LogP contribution in [0.4, 0.5) is 4.79 Å². The van der Waals surface area contributed by atoms with E-state index in [-0.39, 0.29) is 24.6 Å². The maximum atomic E-state index is 12.7. The largest absolute Gasteiger partial charge is 0.444 e. The Balaban J connectivity index is 1.34. The fraction of sp³-hybridized carbons (Fsp3) is 0.692. The fourth-order valence-electron chi connectivity index (χ4n) is 4.77. The summed E-state index contributed by atoms with van der Waals surface area (Å²) in [6.07, 6.45) is 8.33. The van der Waals surface area contributed by atoms with E-state index < -0.39 is 5.60 Å². The van der Waals surface area contributed by atoms with E-state index in [1.165, 1.54) is 18.4 Å². The lowest BCUT2D eigenvalue weighted by atomic mass is 9.91. The normalized spacial score (nSPS) is 19.9. The molecule has 0 spiro atoms. The van der Waals surface area contributed by atoms with E-state index in [4.69, 9.17) is 4.74 Å². The number of aliphatic hydroxyl groups is 1. The highest BCUT2D eigenvalue weighted by Gasteiger charge is 2.29. The highest BCUT2D eigenvalue weighted by atomic mass is 16.6. The number of hydrogen-bond acceptors (Lipinski definition) is 4. The lowest BCUT2D eigenvalue weighted by molar-refractivity contribution is 0.0180. The third-order valence-electron chi connectivity index (χ3n) is 6.64. The molecule has 178 valence electrons. The zero-order valence-electron chi connectivity index (χ0n) is 20.0. The van der Waals surface area contributed by atoms with E-state index in [2.05, 4.69) is 12.1 Å². The Hall–Kier alpha value is -2.08. The first-order valence-corrected chi connectivity index (χ1v) is 12.3. The van der Waals surface area contributed by atoms with Gasteiger partial charge in [0.1, 0.15) is 5.60 Å². The molecule has 2 amide bonds. The quantitative estimate of drug-likeness (QED) is 0.622. The summed E-state index contributed by atoms with van der Waals surface area (Å²) in [7, 11) is 0. The van der Waals surface area contributed by atoms with Crippen LogP contribution >= 0.6 is 0 Å². The van der Waals surface area contributed by atoms with Crippen molar-refractivity contribution in [1.29, 1.82) is 0 Å². The highest BCUT2D eigenvalue weighted by molar-refractivity contribution is 5.94. The van der Waals surface area contributed by atoms with Crippen LogP contribution in [0.3, 0.4) is 0 Å². The lowest BCUT2D eigenvalue weighted by Gasteiger charge is -2.33. The summed E-state index contributed by atoms with van der Waals surface area (Å²) in [4.78, 5) is 28.5. The third-order valence-corrected chi connectivity index (χ3v) is 6.64. The number of unbranched alkanes of at least 4 members (excludes halogenated alkanes) is 1. The minimum absolute atomic E-state index is 0.0295. The molecule has 2 saturated heterocycles. The molecule has 0 aromatic heterocycles. The maximum absolute atomic E-state index is 12.7. The van der Waals surface area contributed by atoms with E-state index in [1.54, 1.807) is 0 Å². The lowest BCUT2D eigenvalue weighted by Crippen LogP contribution is -2.41. The van der Waals surface area contributed by atoms with Gasteiger partial charge in [-0.1, -0.05) is 25.0 Å². The van der Waals surface area contributed by atoms with Gasteiger partial charge in [0.15, 0.2) is 0 Å².